The number of carbonyl (C=O) groups is 3. The number of halogens is 1. The molecule has 3 atom stereocenters. The van der Waals surface area contributed by atoms with Crippen molar-refractivity contribution in [2.24, 2.45) is 0 Å². The minimum absolute atomic E-state index is 0.126. The van der Waals surface area contributed by atoms with Crippen LogP contribution in [0.2, 0.25) is 0 Å². The van der Waals surface area contributed by atoms with Crippen LogP contribution in [0.25, 0.3) is 0 Å². The van der Waals surface area contributed by atoms with Crippen LogP contribution in [0.3, 0.4) is 0 Å². The van der Waals surface area contributed by atoms with E-state index in [-0.39, 0.29) is 23.8 Å². The Balaban J connectivity index is 1.57. The lowest BCUT2D eigenvalue weighted by atomic mass is 9.96. The van der Waals surface area contributed by atoms with Crippen LogP contribution in [0.5, 0.6) is 0 Å². The number of rotatable bonds is 9. The van der Waals surface area contributed by atoms with E-state index in [9.17, 15) is 23.9 Å². The third kappa shape index (κ3) is 6.97. The number of hydrogen-bond acceptors (Lipinski definition) is 5. The Morgan fingerprint density at radius 3 is 2.34 bits per heavy atom. The second-order valence-electron chi connectivity index (χ2n) is 10.9. The summed E-state index contributed by atoms with van der Waals surface area (Å²) in [5.41, 5.74) is 3.08. The molecule has 9 heteroatoms. The quantitative estimate of drug-likeness (QED) is 0.355. The molecule has 3 amide bonds. The summed E-state index contributed by atoms with van der Waals surface area (Å²) in [5.74, 6) is -2.22. The van der Waals surface area contributed by atoms with Crippen molar-refractivity contribution in [3.05, 3.63) is 106 Å². The van der Waals surface area contributed by atoms with E-state index in [4.69, 9.17) is 0 Å². The van der Waals surface area contributed by atoms with Crippen molar-refractivity contribution < 1.29 is 23.9 Å². The SMILES string of the molecule is Cc1ccccc1CNC(=O)[C@H]1N(C(=O)[C@@H](O)[C@H](Cc2ccccc2)NC(=O)c2c(C)cccc2F)CSC1(C)C. The summed E-state index contributed by atoms with van der Waals surface area (Å²) >= 11 is 1.44. The fourth-order valence-electron chi connectivity index (χ4n) is 5.11. The van der Waals surface area contributed by atoms with Crippen LogP contribution in [-0.4, -0.2) is 56.5 Å². The van der Waals surface area contributed by atoms with Crippen molar-refractivity contribution in [3.63, 3.8) is 0 Å². The molecule has 0 bridgehead atoms. The second-order valence-corrected chi connectivity index (χ2v) is 12.5. The third-order valence-electron chi connectivity index (χ3n) is 7.49. The Morgan fingerprint density at radius 2 is 1.66 bits per heavy atom. The van der Waals surface area contributed by atoms with Gasteiger partial charge in [0.05, 0.1) is 17.5 Å². The summed E-state index contributed by atoms with van der Waals surface area (Å²) in [6, 6.07) is 19.3. The van der Waals surface area contributed by atoms with E-state index in [0.29, 0.717) is 12.1 Å². The van der Waals surface area contributed by atoms with E-state index in [1.54, 1.807) is 13.0 Å². The summed E-state index contributed by atoms with van der Waals surface area (Å²) in [6.07, 6.45) is -1.55. The lowest BCUT2D eigenvalue weighted by Gasteiger charge is -2.33. The Morgan fingerprint density at radius 1 is 1.00 bits per heavy atom. The number of aliphatic hydroxyl groups is 1. The maximum absolute atomic E-state index is 14.6. The zero-order chi connectivity index (χ0) is 29.7. The highest BCUT2D eigenvalue weighted by molar-refractivity contribution is 8.00. The molecule has 7 nitrogen and oxygen atoms in total. The molecule has 3 N–H and O–H groups in total. The van der Waals surface area contributed by atoms with Crippen LogP contribution in [0.4, 0.5) is 4.39 Å². The highest BCUT2D eigenvalue weighted by atomic mass is 32.2. The van der Waals surface area contributed by atoms with Gasteiger partial charge in [0.2, 0.25) is 5.91 Å². The number of nitrogens with one attached hydrogen (secondary N) is 2. The number of carbonyl (C=O) groups excluding carboxylic acids is 3. The molecule has 0 radical (unpaired) electrons. The molecule has 0 unspecified atom stereocenters. The molecule has 0 aliphatic carbocycles. The Bertz CT molecular complexity index is 1390. The number of thioether (sulfide) groups is 1. The molecule has 1 aliphatic heterocycles. The van der Waals surface area contributed by atoms with Crippen molar-refractivity contribution in [1.82, 2.24) is 15.5 Å². The highest BCUT2D eigenvalue weighted by Crippen LogP contribution is 2.40. The van der Waals surface area contributed by atoms with E-state index in [0.717, 1.165) is 16.7 Å². The normalized spacial score (nSPS) is 17.5. The van der Waals surface area contributed by atoms with Gasteiger partial charge in [-0.1, -0.05) is 66.7 Å². The van der Waals surface area contributed by atoms with Gasteiger partial charge in [-0.3, -0.25) is 14.4 Å². The average Bonchev–Trinajstić information content (AvgIpc) is 3.26. The molecule has 41 heavy (non-hydrogen) atoms. The number of hydrogen-bond donors (Lipinski definition) is 3. The topological polar surface area (TPSA) is 98.7 Å². The average molecular weight is 578 g/mol. The highest BCUT2D eigenvalue weighted by Gasteiger charge is 2.49. The summed E-state index contributed by atoms with van der Waals surface area (Å²) in [7, 11) is 0. The van der Waals surface area contributed by atoms with Crippen molar-refractivity contribution in [2.45, 2.75) is 63.6 Å². The van der Waals surface area contributed by atoms with Gasteiger partial charge in [0, 0.05) is 11.3 Å². The predicted octanol–water partition coefficient (Wildman–Crippen LogP) is 4.14. The van der Waals surface area contributed by atoms with Gasteiger partial charge < -0.3 is 20.6 Å². The van der Waals surface area contributed by atoms with Gasteiger partial charge in [0.25, 0.3) is 11.8 Å². The standard InChI is InChI=1S/C32H36FN3O4S/c1-20-11-8-9-15-23(20)18-34-30(39)28-32(3,4)41-19-36(28)31(40)27(37)25(17-22-13-6-5-7-14-22)35-29(38)26-21(2)12-10-16-24(26)33/h5-16,25,27-28,37H,17-19H2,1-4H3,(H,34,39)(H,35,38)/t25-,27-,28+/m0/s1. The number of nitrogens with zero attached hydrogens (tertiary/aromatic N) is 1. The van der Waals surface area contributed by atoms with Crippen LogP contribution < -0.4 is 10.6 Å². The Labute approximate surface area is 244 Å². The van der Waals surface area contributed by atoms with E-state index >= 15 is 0 Å². The summed E-state index contributed by atoms with van der Waals surface area (Å²) in [5, 5.41) is 17.1. The van der Waals surface area contributed by atoms with E-state index in [1.807, 2.05) is 75.4 Å². The van der Waals surface area contributed by atoms with Gasteiger partial charge in [0.15, 0.2) is 6.10 Å². The number of amides is 3. The van der Waals surface area contributed by atoms with Crippen molar-refractivity contribution in [1.29, 1.82) is 0 Å². The molecule has 4 rings (SSSR count). The molecular weight excluding hydrogens is 541 g/mol. The minimum Gasteiger partial charge on any atom is -0.381 e. The largest absolute Gasteiger partial charge is 0.381 e. The van der Waals surface area contributed by atoms with Gasteiger partial charge in [-0.25, -0.2) is 4.39 Å². The van der Waals surface area contributed by atoms with Crippen LogP contribution in [0.1, 0.15) is 46.5 Å². The third-order valence-corrected chi connectivity index (χ3v) is 8.86. The maximum atomic E-state index is 14.6. The van der Waals surface area contributed by atoms with E-state index in [1.165, 1.54) is 28.8 Å². The minimum atomic E-state index is -1.67. The maximum Gasteiger partial charge on any atom is 0.254 e. The van der Waals surface area contributed by atoms with Crippen LogP contribution in [0, 0.1) is 19.7 Å². The summed E-state index contributed by atoms with van der Waals surface area (Å²) in [4.78, 5) is 41.9. The molecule has 1 saturated heterocycles. The molecule has 0 spiro atoms. The predicted molar refractivity (Wildman–Crippen MR) is 159 cm³/mol. The van der Waals surface area contributed by atoms with Gasteiger partial charge >= 0.3 is 0 Å². The van der Waals surface area contributed by atoms with Crippen LogP contribution in [0.15, 0.2) is 72.8 Å². The molecule has 3 aromatic rings. The monoisotopic (exact) mass is 577 g/mol. The van der Waals surface area contributed by atoms with E-state index in [2.05, 4.69) is 10.6 Å². The Kier molecular flexibility index (Phi) is 9.50. The molecule has 216 valence electrons. The number of aliphatic hydroxyl groups excluding tert-OH is 1. The number of benzene rings is 3. The smallest absolute Gasteiger partial charge is 0.254 e. The van der Waals surface area contributed by atoms with Crippen LogP contribution in [-0.2, 0) is 22.6 Å². The molecule has 1 aliphatic rings. The second kappa shape index (κ2) is 12.9. The molecule has 0 aromatic heterocycles. The number of aryl methyl sites for hydroxylation is 2. The molecule has 3 aromatic carbocycles. The molecular formula is C32H36FN3O4S. The van der Waals surface area contributed by atoms with Gasteiger partial charge in [-0.2, -0.15) is 0 Å². The first kappa shape index (κ1) is 30.3. The van der Waals surface area contributed by atoms with E-state index < -0.39 is 40.6 Å². The molecule has 1 heterocycles. The van der Waals surface area contributed by atoms with Crippen LogP contribution >= 0.6 is 11.8 Å². The van der Waals surface area contributed by atoms with Gasteiger partial charge in [0.1, 0.15) is 11.9 Å². The first-order chi connectivity index (χ1) is 19.5. The molecule has 0 saturated carbocycles. The van der Waals surface area contributed by atoms with Crippen molar-refractivity contribution >= 4 is 29.5 Å². The van der Waals surface area contributed by atoms with Crippen molar-refractivity contribution in [3.8, 4) is 0 Å². The summed E-state index contributed by atoms with van der Waals surface area (Å²) in [6.45, 7) is 7.67. The van der Waals surface area contributed by atoms with Crippen molar-refractivity contribution in [2.75, 3.05) is 5.88 Å². The first-order valence-corrected chi connectivity index (χ1v) is 14.5. The lowest BCUT2D eigenvalue weighted by Crippen LogP contribution is -2.58. The zero-order valence-corrected chi connectivity index (χ0v) is 24.5. The van der Waals surface area contributed by atoms with Gasteiger partial charge in [-0.15, -0.1) is 11.8 Å². The molecule has 1 fully saturated rings. The lowest BCUT2D eigenvalue weighted by molar-refractivity contribution is -0.147. The van der Waals surface area contributed by atoms with Gasteiger partial charge in [-0.05, 0) is 62.4 Å². The first-order valence-electron chi connectivity index (χ1n) is 13.5. The fraction of sp³-hybridized carbons (Fsp3) is 0.344. The fourth-order valence-corrected chi connectivity index (χ4v) is 6.25. The summed E-state index contributed by atoms with van der Waals surface area (Å²) < 4.78 is 14.0. The zero-order valence-electron chi connectivity index (χ0n) is 23.7. The Hall–Kier alpha value is -3.69.